The van der Waals surface area contributed by atoms with Crippen molar-refractivity contribution in [1.29, 1.82) is 0 Å². The second kappa shape index (κ2) is 8.56. The molecule has 1 aromatic carbocycles. The minimum absolute atomic E-state index is 0.0839. The van der Waals surface area contributed by atoms with E-state index >= 15 is 0 Å². The molecule has 0 aliphatic heterocycles. The highest BCUT2D eigenvalue weighted by Crippen LogP contribution is 2.07. The molecule has 0 amide bonds. The molecule has 21 heavy (non-hydrogen) atoms. The van der Waals surface area contributed by atoms with Gasteiger partial charge in [-0.15, -0.1) is 0 Å². The molecule has 0 saturated heterocycles. The van der Waals surface area contributed by atoms with Crippen LogP contribution < -0.4 is 4.72 Å². The summed E-state index contributed by atoms with van der Waals surface area (Å²) in [6.07, 6.45) is 2.49. The third kappa shape index (κ3) is 7.60. The molecule has 0 atom stereocenters. The SMILES string of the molecule is CCOCCS(=O)(=O)NCc1cccc(C=CC(=O)O)c1. The molecule has 0 spiro atoms. The number of hydrogen-bond donors (Lipinski definition) is 2. The fourth-order valence-corrected chi connectivity index (χ4v) is 2.42. The van der Waals surface area contributed by atoms with E-state index in [1.807, 2.05) is 0 Å². The zero-order chi connectivity index (χ0) is 15.7. The number of benzene rings is 1. The molecule has 1 rings (SSSR count). The molecule has 0 fully saturated rings. The number of ether oxygens (including phenoxy) is 1. The normalized spacial score (nSPS) is 11.9. The summed E-state index contributed by atoms with van der Waals surface area (Å²) in [6, 6.07) is 6.98. The summed E-state index contributed by atoms with van der Waals surface area (Å²) in [5.41, 5.74) is 1.45. The van der Waals surface area contributed by atoms with Crippen molar-refractivity contribution >= 4 is 22.1 Å². The molecule has 0 unspecified atom stereocenters. The Kier molecular flexibility index (Phi) is 7.07. The van der Waals surface area contributed by atoms with E-state index in [-0.39, 0.29) is 18.9 Å². The van der Waals surface area contributed by atoms with Gasteiger partial charge in [0.25, 0.3) is 0 Å². The van der Waals surface area contributed by atoms with Gasteiger partial charge < -0.3 is 9.84 Å². The van der Waals surface area contributed by atoms with Crippen LogP contribution in [-0.2, 0) is 26.1 Å². The summed E-state index contributed by atoms with van der Waals surface area (Å²) in [5, 5.41) is 8.57. The van der Waals surface area contributed by atoms with Crippen LogP contribution in [0, 0.1) is 0 Å². The Balaban J connectivity index is 2.59. The highest BCUT2D eigenvalue weighted by Gasteiger charge is 2.09. The van der Waals surface area contributed by atoms with E-state index in [0.717, 1.165) is 11.6 Å². The van der Waals surface area contributed by atoms with Crippen molar-refractivity contribution in [2.75, 3.05) is 19.0 Å². The van der Waals surface area contributed by atoms with Gasteiger partial charge in [0.15, 0.2) is 0 Å². The van der Waals surface area contributed by atoms with Crippen molar-refractivity contribution in [3.05, 3.63) is 41.5 Å². The Morgan fingerprint density at radius 2 is 2.19 bits per heavy atom. The van der Waals surface area contributed by atoms with Crippen LogP contribution in [0.3, 0.4) is 0 Å². The van der Waals surface area contributed by atoms with Gasteiger partial charge in [-0.1, -0.05) is 24.3 Å². The van der Waals surface area contributed by atoms with E-state index < -0.39 is 16.0 Å². The van der Waals surface area contributed by atoms with Crippen LogP contribution in [0.2, 0.25) is 0 Å². The number of rotatable bonds is 9. The van der Waals surface area contributed by atoms with Gasteiger partial charge >= 0.3 is 5.97 Å². The maximum Gasteiger partial charge on any atom is 0.328 e. The van der Waals surface area contributed by atoms with E-state index in [2.05, 4.69) is 4.72 Å². The van der Waals surface area contributed by atoms with Crippen molar-refractivity contribution in [3.63, 3.8) is 0 Å². The Morgan fingerprint density at radius 1 is 1.43 bits per heavy atom. The third-order valence-electron chi connectivity index (χ3n) is 2.57. The van der Waals surface area contributed by atoms with Crippen LogP contribution in [0.4, 0.5) is 0 Å². The first-order valence-corrected chi connectivity index (χ1v) is 8.13. The molecule has 0 saturated carbocycles. The Labute approximate surface area is 124 Å². The maximum absolute atomic E-state index is 11.7. The van der Waals surface area contributed by atoms with E-state index in [9.17, 15) is 13.2 Å². The highest BCUT2D eigenvalue weighted by atomic mass is 32.2. The number of aliphatic carboxylic acids is 1. The summed E-state index contributed by atoms with van der Waals surface area (Å²) < 4.78 is 30.9. The quantitative estimate of drug-likeness (QED) is 0.528. The van der Waals surface area contributed by atoms with E-state index in [1.165, 1.54) is 6.08 Å². The van der Waals surface area contributed by atoms with Crippen LogP contribution in [0.5, 0.6) is 0 Å². The van der Waals surface area contributed by atoms with Crippen LogP contribution in [-0.4, -0.2) is 38.5 Å². The first-order chi connectivity index (χ1) is 9.93. The predicted molar refractivity (Wildman–Crippen MR) is 80.2 cm³/mol. The summed E-state index contributed by atoms with van der Waals surface area (Å²) in [4.78, 5) is 10.4. The summed E-state index contributed by atoms with van der Waals surface area (Å²) in [7, 11) is -3.38. The maximum atomic E-state index is 11.7. The van der Waals surface area contributed by atoms with Gasteiger partial charge in [0.05, 0.1) is 12.4 Å². The van der Waals surface area contributed by atoms with Gasteiger partial charge in [0, 0.05) is 19.2 Å². The van der Waals surface area contributed by atoms with Crippen molar-refractivity contribution in [2.24, 2.45) is 0 Å². The number of carboxylic acid groups (broad SMARTS) is 1. The molecule has 6 nitrogen and oxygen atoms in total. The molecule has 1 aromatic rings. The number of nitrogens with one attached hydrogen (secondary N) is 1. The zero-order valence-electron chi connectivity index (χ0n) is 11.8. The predicted octanol–water partition coefficient (Wildman–Crippen LogP) is 1.24. The van der Waals surface area contributed by atoms with Crippen LogP contribution >= 0.6 is 0 Å². The minimum atomic E-state index is -3.38. The van der Waals surface area contributed by atoms with Gasteiger partial charge in [-0.3, -0.25) is 0 Å². The molecular weight excluding hydrogens is 294 g/mol. The van der Waals surface area contributed by atoms with E-state index in [4.69, 9.17) is 9.84 Å². The fraction of sp³-hybridized carbons (Fsp3) is 0.357. The van der Waals surface area contributed by atoms with E-state index in [0.29, 0.717) is 12.2 Å². The molecule has 7 heteroatoms. The standard InChI is InChI=1S/C14H19NO5S/c1-2-20-8-9-21(18,19)15-11-13-5-3-4-12(10-13)6-7-14(16)17/h3-7,10,15H,2,8-9,11H2,1H3,(H,16,17). The summed E-state index contributed by atoms with van der Waals surface area (Å²) in [5.74, 6) is -1.11. The largest absolute Gasteiger partial charge is 0.478 e. The summed E-state index contributed by atoms with van der Waals surface area (Å²) >= 11 is 0. The highest BCUT2D eigenvalue weighted by molar-refractivity contribution is 7.89. The minimum Gasteiger partial charge on any atom is -0.478 e. The Hall–Kier alpha value is -1.70. The lowest BCUT2D eigenvalue weighted by molar-refractivity contribution is -0.131. The molecule has 0 aliphatic carbocycles. The molecule has 2 N–H and O–H groups in total. The Bertz CT molecular complexity index is 595. The molecule has 0 heterocycles. The smallest absolute Gasteiger partial charge is 0.328 e. The molecule has 0 radical (unpaired) electrons. The van der Waals surface area contributed by atoms with Crippen molar-refractivity contribution in [1.82, 2.24) is 4.72 Å². The first-order valence-electron chi connectivity index (χ1n) is 6.48. The second-order valence-corrected chi connectivity index (χ2v) is 6.18. The van der Waals surface area contributed by atoms with Gasteiger partial charge in [-0.25, -0.2) is 17.9 Å². The molecular formula is C14H19NO5S. The lowest BCUT2D eigenvalue weighted by atomic mass is 10.1. The van der Waals surface area contributed by atoms with E-state index in [1.54, 1.807) is 31.2 Å². The zero-order valence-corrected chi connectivity index (χ0v) is 12.6. The summed E-state index contributed by atoms with van der Waals surface area (Å²) in [6.45, 7) is 2.60. The molecule has 0 aromatic heterocycles. The van der Waals surface area contributed by atoms with Gasteiger partial charge in [-0.05, 0) is 24.1 Å². The average Bonchev–Trinajstić information content (AvgIpc) is 2.44. The number of hydrogen-bond acceptors (Lipinski definition) is 4. The van der Waals surface area contributed by atoms with Gasteiger partial charge in [0.1, 0.15) is 0 Å². The number of carboxylic acids is 1. The van der Waals surface area contributed by atoms with Crippen LogP contribution in [0.1, 0.15) is 18.1 Å². The monoisotopic (exact) mass is 313 g/mol. The van der Waals surface area contributed by atoms with Gasteiger partial charge in [-0.2, -0.15) is 0 Å². The number of sulfonamides is 1. The average molecular weight is 313 g/mol. The molecule has 0 bridgehead atoms. The Morgan fingerprint density at radius 3 is 2.86 bits per heavy atom. The third-order valence-corrected chi connectivity index (χ3v) is 3.85. The fourth-order valence-electron chi connectivity index (χ4n) is 1.55. The molecule has 0 aliphatic rings. The van der Waals surface area contributed by atoms with Crippen molar-refractivity contribution < 1.29 is 23.1 Å². The van der Waals surface area contributed by atoms with Crippen LogP contribution in [0.25, 0.3) is 6.08 Å². The molecule has 116 valence electrons. The lowest BCUT2D eigenvalue weighted by Gasteiger charge is -2.07. The van der Waals surface area contributed by atoms with Gasteiger partial charge in [0.2, 0.25) is 10.0 Å². The van der Waals surface area contributed by atoms with Crippen LogP contribution in [0.15, 0.2) is 30.3 Å². The number of carbonyl (C=O) groups is 1. The lowest BCUT2D eigenvalue weighted by Crippen LogP contribution is -2.28. The van der Waals surface area contributed by atoms with Crippen molar-refractivity contribution in [3.8, 4) is 0 Å². The second-order valence-electron chi connectivity index (χ2n) is 4.25. The topological polar surface area (TPSA) is 92.7 Å². The van der Waals surface area contributed by atoms with Crippen molar-refractivity contribution in [2.45, 2.75) is 13.5 Å². The first kappa shape index (κ1) is 17.4.